The molecule has 0 spiro atoms. The number of hydrogen-bond acceptors (Lipinski definition) is 23. The van der Waals surface area contributed by atoms with Gasteiger partial charge in [-0.3, -0.25) is 47.4 Å². The van der Waals surface area contributed by atoms with E-state index < -0.39 is 0 Å². The number of hydrogen-bond donors (Lipinski definition) is 0. The van der Waals surface area contributed by atoms with Crippen LogP contribution in [0.4, 0.5) is 0 Å². The van der Waals surface area contributed by atoms with E-state index in [2.05, 4.69) is 101 Å². The minimum absolute atomic E-state index is 0.123. The highest BCUT2D eigenvalue weighted by Crippen LogP contribution is 2.16. The highest BCUT2D eigenvalue weighted by molar-refractivity contribution is 5.71. The molecule has 5 rings (SSSR count). The van der Waals surface area contributed by atoms with Gasteiger partial charge in [-0.15, -0.1) is 25.5 Å². The van der Waals surface area contributed by atoms with E-state index in [0.717, 1.165) is 138 Å². The highest BCUT2D eigenvalue weighted by atomic mass is 16.5. The molecule has 0 radical (unpaired) electrons. The lowest BCUT2D eigenvalue weighted by Crippen LogP contribution is -2.35. The Morgan fingerprint density at radius 3 is 0.609 bits per heavy atom. The molecule has 0 fully saturated rings. The summed E-state index contributed by atoms with van der Waals surface area (Å²) in [5.41, 5.74) is 3.90. The molecule has 0 unspecified atom stereocenters. The van der Waals surface area contributed by atoms with E-state index in [1.807, 2.05) is 54.4 Å². The maximum Gasteiger partial charge on any atom is 0.307 e. The normalized spacial score (nSPS) is 11.7. The van der Waals surface area contributed by atoms with Gasteiger partial charge in [-0.2, -0.15) is 0 Å². The van der Waals surface area contributed by atoms with Crippen LogP contribution < -0.4 is 0 Å². The standard InChI is InChI=1S/C87H154N18O10/c1-6-11-16-21-26-31-36-58-101-73-78(88-93-101)49-68-111-83(106)44-63-98(56-43-57-100(66-47-86(109)114-71-52-81-76-104(96-91-81)61-39-34-29-24-19-14-9-4)67-48-87(110)115-72-53-82-77-105(97-92-82)62-40-35-30-25-20-15-10-5)54-41-42-55-99(64-45-84(107)112-69-50-79-74-102(94-89-79)59-37-32-27-22-17-12-7-2)65-46-85(108)113-70-51-80-75-103(95-90-80)60-38-33-28-23-18-13-8-3/h73-77H,6-72H2,1-5H3. The van der Waals surface area contributed by atoms with Gasteiger partial charge < -0.3 is 38.4 Å². The van der Waals surface area contributed by atoms with Crippen molar-refractivity contribution in [3.63, 3.8) is 0 Å². The van der Waals surface area contributed by atoms with Crippen LogP contribution in [0.5, 0.6) is 0 Å². The summed E-state index contributed by atoms with van der Waals surface area (Å²) in [5, 5.41) is 43.4. The Morgan fingerprint density at radius 2 is 0.409 bits per heavy atom. The molecule has 0 aliphatic rings. The largest absolute Gasteiger partial charge is 0.465 e. The lowest BCUT2D eigenvalue weighted by molar-refractivity contribution is -0.145. The number of rotatable bonds is 79. The molecule has 5 aromatic heterocycles. The highest BCUT2D eigenvalue weighted by Gasteiger charge is 2.19. The van der Waals surface area contributed by atoms with Crippen molar-refractivity contribution in [2.24, 2.45) is 0 Å². The topological polar surface area (TPSA) is 295 Å². The fraction of sp³-hybridized carbons (Fsp3) is 0.828. The van der Waals surface area contributed by atoms with Gasteiger partial charge in [0, 0.05) is 129 Å². The Morgan fingerprint density at radius 1 is 0.235 bits per heavy atom. The van der Waals surface area contributed by atoms with E-state index in [1.54, 1.807) is 0 Å². The lowest BCUT2D eigenvalue weighted by Gasteiger charge is -2.26. The fourth-order valence-electron chi connectivity index (χ4n) is 14.1. The predicted octanol–water partition coefficient (Wildman–Crippen LogP) is 15.7. The van der Waals surface area contributed by atoms with Crippen molar-refractivity contribution in [3.05, 3.63) is 59.5 Å². The Labute approximate surface area is 690 Å². The molecule has 5 heterocycles. The van der Waals surface area contributed by atoms with Crippen LogP contribution >= 0.6 is 0 Å². The monoisotopic (exact) mass is 1610 g/mol. The van der Waals surface area contributed by atoms with E-state index >= 15 is 0 Å². The number of ether oxygens (including phenoxy) is 5. The summed E-state index contributed by atoms with van der Waals surface area (Å²) in [6.45, 7) is 20.5. The Hall–Kier alpha value is -7.07. The second-order valence-electron chi connectivity index (χ2n) is 31.7. The van der Waals surface area contributed by atoms with Crippen LogP contribution in [-0.4, -0.2) is 211 Å². The molecular weight excluding hydrogens is 1460 g/mol. The first-order chi connectivity index (χ1) is 56.4. The average molecular weight is 1610 g/mol. The number of nitrogens with zero attached hydrogens (tertiary/aromatic N) is 18. The zero-order valence-electron chi connectivity index (χ0n) is 72.4. The molecule has 0 N–H and O–H groups in total. The molecule has 0 aliphatic carbocycles. The Kier molecular flexibility index (Phi) is 57.3. The molecule has 28 heteroatoms. The first kappa shape index (κ1) is 98.5. The van der Waals surface area contributed by atoms with Crippen LogP contribution in [0, 0.1) is 0 Å². The average Bonchev–Trinajstić information content (AvgIpc) is 1.79. The van der Waals surface area contributed by atoms with Crippen molar-refractivity contribution in [1.82, 2.24) is 89.7 Å². The van der Waals surface area contributed by atoms with E-state index in [-0.39, 0.29) is 95.0 Å². The van der Waals surface area contributed by atoms with Crippen molar-refractivity contribution in [2.75, 3.05) is 91.9 Å². The van der Waals surface area contributed by atoms with Gasteiger partial charge >= 0.3 is 29.8 Å². The van der Waals surface area contributed by atoms with Crippen LogP contribution in [0.3, 0.4) is 0 Å². The molecule has 0 saturated heterocycles. The van der Waals surface area contributed by atoms with Gasteiger partial charge in [0.2, 0.25) is 0 Å². The smallest absolute Gasteiger partial charge is 0.307 e. The van der Waals surface area contributed by atoms with E-state index in [9.17, 15) is 24.0 Å². The van der Waals surface area contributed by atoms with Gasteiger partial charge in [-0.1, -0.05) is 253 Å². The summed E-state index contributed by atoms with van der Waals surface area (Å²) < 4.78 is 38.3. The summed E-state index contributed by atoms with van der Waals surface area (Å²) in [5.74, 6) is -1.64. The van der Waals surface area contributed by atoms with E-state index in [4.69, 9.17) is 23.7 Å². The molecule has 0 aliphatic heterocycles. The first-order valence-corrected chi connectivity index (χ1v) is 45.8. The minimum atomic E-state index is -0.337. The van der Waals surface area contributed by atoms with Gasteiger partial charge in [0.1, 0.15) is 0 Å². The number of carbonyl (C=O) groups is 5. The summed E-state index contributed by atoms with van der Waals surface area (Å²) in [7, 11) is 0. The number of aryl methyl sites for hydroxylation is 5. The molecule has 652 valence electrons. The zero-order chi connectivity index (χ0) is 81.9. The quantitative estimate of drug-likeness (QED) is 0.0198. The number of aromatic nitrogens is 15. The van der Waals surface area contributed by atoms with Crippen LogP contribution in [0.2, 0.25) is 0 Å². The third-order valence-electron chi connectivity index (χ3n) is 21.3. The molecule has 0 amide bonds. The first-order valence-electron chi connectivity index (χ1n) is 45.8. The molecule has 0 bridgehead atoms. The minimum Gasteiger partial charge on any atom is -0.465 e. The van der Waals surface area contributed by atoms with Crippen LogP contribution in [0.1, 0.15) is 339 Å². The van der Waals surface area contributed by atoms with Crippen LogP contribution in [-0.2, 0) is 112 Å². The number of unbranched alkanes of at least 4 members (excludes halogenated alkanes) is 31. The molecule has 0 atom stereocenters. The summed E-state index contributed by atoms with van der Waals surface area (Å²) in [6.07, 6.45) is 57.5. The van der Waals surface area contributed by atoms with Crippen molar-refractivity contribution in [2.45, 2.75) is 376 Å². The third-order valence-corrected chi connectivity index (χ3v) is 21.3. The van der Waals surface area contributed by atoms with Gasteiger partial charge in [0.15, 0.2) is 0 Å². The fourth-order valence-corrected chi connectivity index (χ4v) is 14.1. The number of esters is 5. The summed E-state index contributed by atoms with van der Waals surface area (Å²) >= 11 is 0. The van der Waals surface area contributed by atoms with Gasteiger partial charge in [-0.05, 0) is 77.5 Å². The molecule has 28 nitrogen and oxygen atoms in total. The van der Waals surface area contributed by atoms with Crippen molar-refractivity contribution in [3.8, 4) is 0 Å². The third kappa shape index (κ3) is 51.7. The molecule has 0 aromatic carbocycles. The van der Waals surface area contributed by atoms with Crippen LogP contribution in [0.15, 0.2) is 31.0 Å². The van der Waals surface area contributed by atoms with Crippen LogP contribution in [0.25, 0.3) is 0 Å². The molecule has 0 saturated carbocycles. The van der Waals surface area contributed by atoms with E-state index in [0.29, 0.717) is 97.4 Å². The van der Waals surface area contributed by atoms with Gasteiger partial charge in [0.05, 0.1) is 93.6 Å². The van der Waals surface area contributed by atoms with Crippen molar-refractivity contribution < 1.29 is 47.7 Å². The SMILES string of the molecule is CCCCCCCCCn1cc(CCOC(=O)CCN(CCCCN(CCC(=O)OCCc2cn(CCCCCCCCC)nn2)CCC(=O)OCCc2cn(CCCCCCCCC)nn2)CCCN(CCC(=O)OCCc2cn(CCCCCCCCC)nn2)CCC(=O)OCCc2cn(CCCCCCCCC)nn2)nn1. The van der Waals surface area contributed by atoms with Crippen molar-refractivity contribution >= 4 is 29.8 Å². The van der Waals surface area contributed by atoms with E-state index in [1.165, 1.54) is 161 Å². The Bertz CT molecular complexity index is 3050. The molecular formula is C87H154N18O10. The maximum atomic E-state index is 13.6. The Balaban J connectivity index is 1.20. The van der Waals surface area contributed by atoms with Gasteiger partial charge in [0.25, 0.3) is 0 Å². The number of carbonyl (C=O) groups excluding carboxylic acids is 5. The molecule has 5 aromatic rings. The maximum absolute atomic E-state index is 13.6. The second kappa shape index (κ2) is 66.9. The second-order valence-corrected chi connectivity index (χ2v) is 31.7. The zero-order valence-corrected chi connectivity index (χ0v) is 72.4. The summed E-state index contributed by atoms with van der Waals surface area (Å²) in [6, 6.07) is 0. The summed E-state index contributed by atoms with van der Waals surface area (Å²) in [4.78, 5) is 73.8. The van der Waals surface area contributed by atoms with Crippen molar-refractivity contribution in [1.29, 1.82) is 0 Å². The van der Waals surface area contributed by atoms with Gasteiger partial charge in [-0.25, -0.2) is 0 Å². The molecule has 115 heavy (non-hydrogen) atoms. The lowest BCUT2D eigenvalue weighted by atomic mass is 10.1. The predicted molar refractivity (Wildman–Crippen MR) is 450 cm³/mol.